The molecule has 1 N–H and O–H groups in total. The van der Waals surface area contributed by atoms with Crippen LogP contribution in [-0.4, -0.2) is 39.9 Å². The predicted molar refractivity (Wildman–Crippen MR) is 115 cm³/mol. The van der Waals surface area contributed by atoms with Crippen LogP contribution in [0.2, 0.25) is 0 Å². The van der Waals surface area contributed by atoms with Gasteiger partial charge in [0.25, 0.3) is 0 Å². The second-order valence-electron chi connectivity index (χ2n) is 8.27. The van der Waals surface area contributed by atoms with Gasteiger partial charge in [-0.25, -0.2) is 0 Å². The highest BCUT2D eigenvalue weighted by Crippen LogP contribution is 2.44. The first-order valence-electron chi connectivity index (χ1n) is 9.75. The average Bonchev–Trinajstić information content (AvgIpc) is 3.12. The van der Waals surface area contributed by atoms with Gasteiger partial charge in [0.1, 0.15) is 11.5 Å². The molecule has 1 fully saturated rings. The number of nitrogens with zero attached hydrogens (tertiary/aromatic N) is 2. The van der Waals surface area contributed by atoms with Crippen molar-refractivity contribution in [1.29, 1.82) is 5.26 Å². The third-order valence-corrected chi connectivity index (χ3v) is 7.52. The molecule has 1 aliphatic carbocycles. The van der Waals surface area contributed by atoms with E-state index in [0.29, 0.717) is 22.6 Å². The number of carbonyl (C=O) groups excluding carboxylic acids is 1. The third-order valence-electron chi connectivity index (χ3n) is 6.24. The normalized spacial score (nSPS) is 18.4. The number of nitriles is 1. The zero-order chi connectivity index (χ0) is 20.3. The molecule has 0 saturated carbocycles. The van der Waals surface area contributed by atoms with Crippen LogP contribution in [0, 0.1) is 11.3 Å². The number of nitrogens with one attached hydrogen (secondary N) is 1. The van der Waals surface area contributed by atoms with Crippen molar-refractivity contribution in [2.24, 2.45) is 0 Å². The molecule has 2 aliphatic rings. The van der Waals surface area contributed by atoms with Gasteiger partial charge in [-0.3, -0.25) is 4.79 Å². The SMILES string of the molecule is CC1(C)c2cc(N3CC[S+]([O-])CC3)ccc2C(=O)c2c1[nH]c1cc(C#N)ccc21. The second-order valence-corrected chi connectivity index (χ2v) is 9.96. The minimum atomic E-state index is -0.723. The number of benzene rings is 2. The summed E-state index contributed by atoms with van der Waals surface area (Å²) in [6.07, 6.45) is 0. The van der Waals surface area contributed by atoms with E-state index in [4.69, 9.17) is 0 Å². The molecule has 146 valence electrons. The van der Waals surface area contributed by atoms with Crippen LogP contribution in [-0.2, 0) is 16.6 Å². The highest BCUT2D eigenvalue weighted by atomic mass is 32.2. The summed E-state index contributed by atoms with van der Waals surface area (Å²) in [5, 5.41) is 10.1. The van der Waals surface area contributed by atoms with Crippen molar-refractivity contribution in [3.63, 3.8) is 0 Å². The van der Waals surface area contributed by atoms with E-state index in [1.165, 1.54) is 0 Å². The summed E-state index contributed by atoms with van der Waals surface area (Å²) >= 11 is -0.723. The monoisotopic (exact) mass is 403 g/mol. The van der Waals surface area contributed by atoms with E-state index in [1.807, 2.05) is 18.2 Å². The molecule has 0 atom stereocenters. The van der Waals surface area contributed by atoms with E-state index in [1.54, 1.807) is 12.1 Å². The molecule has 5 nitrogen and oxygen atoms in total. The Morgan fingerprint density at radius 2 is 1.93 bits per heavy atom. The molecule has 0 spiro atoms. The summed E-state index contributed by atoms with van der Waals surface area (Å²) in [7, 11) is 0. The van der Waals surface area contributed by atoms with Gasteiger partial charge in [0, 0.05) is 33.3 Å². The number of carbonyl (C=O) groups is 1. The van der Waals surface area contributed by atoms with Crippen molar-refractivity contribution in [1.82, 2.24) is 4.98 Å². The summed E-state index contributed by atoms with van der Waals surface area (Å²) in [5.74, 6) is 1.40. The van der Waals surface area contributed by atoms with Crippen LogP contribution in [0.5, 0.6) is 0 Å². The maximum absolute atomic E-state index is 13.4. The molecule has 0 amide bonds. The highest BCUT2D eigenvalue weighted by molar-refractivity contribution is 7.91. The van der Waals surface area contributed by atoms with Crippen molar-refractivity contribution in [2.75, 3.05) is 29.5 Å². The molecular formula is C23H21N3O2S. The van der Waals surface area contributed by atoms with Gasteiger partial charge in [0.2, 0.25) is 0 Å². The van der Waals surface area contributed by atoms with E-state index in [2.05, 4.69) is 35.9 Å². The third kappa shape index (κ3) is 2.69. The van der Waals surface area contributed by atoms with Crippen LogP contribution in [0.25, 0.3) is 10.9 Å². The number of aromatic amines is 1. The van der Waals surface area contributed by atoms with Crippen LogP contribution in [0.1, 0.15) is 46.6 Å². The fourth-order valence-corrected chi connectivity index (χ4v) is 5.63. The highest BCUT2D eigenvalue weighted by Gasteiger charge is 2.40. The number of aromatic nitrogens is 1. The minimum Gasteiger partial charge on any atom is -0.616 e. The first-order valence-corrected chi connectivity index (χ1v) is 11.2. The molecule has 1 saturated heterocycles. The van der Waals surface area contributed by atoms with E-state index < -0.39 is 11.2 Å². The number of rotatable bonds is 1. The van der Waals surface area contributed by atoms with Crippen LogP contribution in [0.3, 0.4) is 0 Å². The van der Waals surface area contributed by atoms with E-state index in [-0.39, 0.29) is 11.2 Å². The van der Waals surface area contributed by atoms with Crippen LogP contribution in [0.15, 0.2) is 36.4 Å². The number of ketones is 1. The van der Waals surface area contributed by atoms with Crippen molar-refractivity contribution >= 4 is 33.5 Å². The topological polar surface area (TPSA) is 82.9 Å². The van der Waals surface area contributed by atoms with Crippen LogP contribution in [0.4, 0.5) is 5.69 Å². The Balaban J connectivity index is 1.65. The molecule has 0 unspecified atom stereocenters. The second kappa shape index (κ2) is 6.38. The summed E-state index contributed by atoms with van der Waals surface area (Å²) in [6, 6.07) is 13.7. The first kappa shape index (κ1) is 18.3. The fourth-order valence-electron chi connectivity index (χ4n) is 4.58. The summed E-state index contributed by atoms with van der Waals surface area (Å²) < 4.78 is 11.7. The molecule has 3 aromatic rings. The lowest BCUT2D eigenvalue weighted by Crippen LogP contribution is -2.40. The van der Waals surface area contributed by atoms with Gasteiger partial charge in [-0.05, 0) is 35.9 Å². The lowest BCUT2D eigenvalue weighted by Gasteiger charge is -2.35. The van der Waals surface area contributed by atoms with E-state index >= 15 is 0 Å². The van der Waals surface area contributed by atoms with Gasteiger partial charge in [-0.15, -0.1) is 0 Å². The Bertz CT molecular complexity index is 1200. The minimum absolute atomic E-state index is 0.0246. The Morgan fingerprint density at radius 1 is 1.17 bits per heavy atom. The van der Waals surface area contributed by atoms with Gasteiger partial charge >= 0.3 is 0 Å². The van der Waals surface area contributed by atoms with Gasteiger partial charge in [-0.2, -0.15) is 5.26 Å². The molecule has 1 aliphatic heterocycles. The zero-order valence-corrected chi connectivity index (χ0v) is 17.2. The lowest BCUT2D eigenvalue weighted by atomic mass is 9.71. The van der Waals surface area contributed by atoms with E-state index in [0.717, 1.165) is 46.5 Å². The quantitative estimate of drug-likeness (QED) is 0.631. The number of anilines is 1. The molecule has 6 heteroatoms. The van der Waals surface area contributed by atoms with Crippen molar-refractivity contribution in [3.05, 3.63) is 64.3 Å². The number of hydrogen-bond donors (Lipinski definition) is 1. The fraction of sp³-hybridized carbons (Fsp3) is 0.304. The largest absolute Gasteiger partial charge is 0.616 e. The maximum atomic E-state index is 13.4. The smallest absolute Gasteiger partial charge is 0.195 e. The Kier molecular flexibility index (Phi) is 4.02. The number of hydrogen-bond acceptors (Lipinski definition) is 4. The van der Waals surface area contributed by atoms with Gasteiger partial charge in [0.05, 0.1) is 30.3 Å². The summed E-state index contributed by atoms with van der Waals surface area (Å²) in [6.45, 7) is 5.81. The summed E-state index contributed by atoms with van der Waals surface area (Å²) in [5.41, 5.74) is 5.45. The zero-order valence-electron chi connectivity index (χ0n) is 16.4. The molecule has 0 radical (unpaired) electrons. The Labute approximate surface area is 172 Å². The molecule has 1 aromatic heterocycles. The molecular weight excluding hydrogens is 382 g/mol. The van der Waals surface area contributed by atoms with Crippen LogP contribution >= 0.6 is 0 Å². The van der Waals surface area contributed by atoms with Gasteiger partial charge < -0.3 is 14.4 Å². The summed E-state index contributed by atoms with van der Waals surface area (Å²) in [4.78, 5) is 19.1. The molecule has 5 rings (SSSR count). The van der Waals surface area contributed by atoms with Gasteiger partial charge in [-0.1, -0.05) is 31.1 Å². The standard InChI is InChI=1S/C23H21N3O2S/c1-23(2)18-12-15(26-7-9-29(28)10-8-26)4-6-16(18)21(27)20-17-5-3-14(13-24)11-19(17)25-22(20)23/h3-6,11-12,25H,7-10H2,1-2H3. The first-order chi connectivity index (χ1) is 13.9. The van der Waals surface area contributed by atoms with Gasteiger partial charge in [0.15, 0.2) is 5.78 Å². The maximum Gasteiger partial charge on any atom is 0.195 e. The van der Waals surface area contributed by atoms with E-state index in [9.17, 15) is 14.6 Å². The average molecular weight is 404 g/mol. The molecule has 2 aromatic carbocycles. The molecule has 29 heavy (non-hydrogen) atoms. The van der Waals surface area contributed by atoms with Crippen molar-refractivity contribution in [3.8, 4) is 6.07 Å². The van der Waals surface area contributed by atoms with Crippen molar-refractivity contribution < 1.29 is 9.35 Å². The number of H-pyrrole nitrogens is 1. The Morgan fingerprint density at radius 3 is 2.66 bits per heavy atom. The van der Waals surface area contributed by atoms with Crippen LogP contribution < -0.4 is 4.90 Å². The predicted octanol–water partition coefficient (Wildman–Crippen LogP) is 3.48. The lowest BCUT2D eigenvalue weighted by molar-refractivity contribution is 0.103. The van der Waals surface area contributed by atoms with Crippen molar-refractivity contribution in [2.45, 2.75) is 19.3 Å². The Hall–Kier alpha value is -2.75. The number of fused-ring (bicyclic) bond motifs is 4. The molecule has 2 heterocycles. The molecule has 0 bridgehead atoms.